The summed E-state index contributed by atoms with van der Waals surface area (Å²) in [6, 6.07) is 71.8. The molecule has 0 amide bonds. The van der Waals surface area contributed by atoms with Gasteiger partial charge in [0.25, 0.3) is 0 Å². The van der Waals surface area contributed by atoms with Crippen LogP contribution in [0.5, 0.6) is 0 Å². The van der Waals surface area contributed by atoms with Crippen molar-refractivity contribution in [2.24, 2.45) is 0 Å². The molecule has 0 fully saturated rings. The van der Waals surface area contributed by atoms with Crippen LogP contribution in [0.25, 0.3) is 83.3 Å². The van der Waals surface area contributed by atoms with Crippen LogP contribution in [0, 0.1) is 0 Å². The van der Waals surface area contributed by atoms with E-state index in [9.17, 15) is 0 Å². The molecule has 4 heterocycles. The van der Waals surface area contributed by atoms with E-state index in [1.807, 2.05) is 6.07 Å². The zero-order valence-electron chi connectivity index (χ0n) is 30.8. The molecule has 0 saturated carbocycles. The minimum atomic E-state index is -2.87. The first-order chi connectivity index (χ1) is 28.3. The quantitative estimate of drug-likeness (QED) is 0.165. The van der Waals surface area contributed by atoms with Crippen molar-refractivity contribution in [3.8, 4) is 39.6 Å². The summed E-state index contributed by atoms with van der Waals surface area (Å²) in [5.74, 6) is 0.704. The zero-order chi connectivity index (χ0) is 37.5. The fourth-order valence-electron chi connectivity index (χ4n) is 9.56. The molecule has 0 radical (unpaired) electrons. The maximum absolute atomic E-state index is 6.42. The normalized spacial score (nSPS) is 13.1. The first-order valence-electron chi connectivity index (χ1n) is 19.4. The Bertz CT molecular complexity index is 3310. The summed E-state index contributed by atoms with van der Waals surface area (Å²) >= 11 is 0. The highest BCUT2D eigenvalue weighted by Gasteiger charge is 2.51. The lowest BCUT2D eigenvalue weighted by Crippen LogP contribution is -2.73. The van der Waals surface area contributed by atoms with Gasteiger partial charge >= 0.3 is 0 Å². The van der Waals surface area contributed by atoms with Crippen molar-refractivity contribution < 1.29 is 4.42 Å². The molecule has 0 aliphatic carbocycles. The van der Waals surface area contributed by atoms with Crippen LogP contribution in [0.15, 0.2) is 205 Å². The van der Waals surface area contributed by atoms with Crippen molar-refractivity contribution in [3.63, 3.8) is 0 Å². The van der Waals surface area contributed by atoms with Crippen molar-refractivity contribution in [2.45, 2.75) is 0 Å². The topological polar surface area (TPSA) is 43.9 Å². The van der Waals surface area contributed by atoms with E-state index in [1.54, 1.807) is 0 Å². The number of hydrogen-bond acceptors (Lipinski definition) is 3. The number of nitrogens with zero attached hydrogens (tertiary/aromatic N) is 3. The largest absolute Gasteiger partial charge is 0.456 e. The number of para-hydroxylation sites is 2. The second kappa shape index (κ2) is 12.3. The molecule has 8 aromatic carbocycles. The molecule has 57 heavy (non-hydrogen) atoms. The molecule has 0 atom stereocenters. The van der Waals surface area contributed by atoms with Gasteiger partial charge < -0.3 is 8.98 Å². The highest BCUT2D eigenvalue weighted by molar-refractivity contribution is 7.22. The van der Waals surface area contributed by atoms with Crippen LogP contribution in [-0.4, -0.2) is 22.6 Å². The number of aromatic nitrogens is 3. The molecular formula is C52H33N3OSi. The molecule has 0 saturated heterocycles. The third-order valence-electron chi connectivity index (χ3n) is 11.9. The van der Waals surface area contributed by atoms with E-state index >= 15 is 0 Å². The predicted octanol–water partition coefficient (Wildman–Crippen LogP) is 10.2. The highest BCUT2D eigenvalue weighted by Crippen LogP contribution is 2.41. The molecule has 266 valence electrons. The number of rotatable bonds is 5. The molecule has 5 heteroatoms. The van der Waals surface area contributed by atoms with E-state index in [2.05, 4.69) is 199 Å². The van der Waals surface area contributed by atoms with Gasteiger partial charge in [-0.3, -0.25) is 0 Å². The van der Waals surface area contributed by atoms with Gasteiger partial charge in [-0.1, -0.05) is 164 Å². The van der Waals surface area contributed by atoms with Crippen LogP contribution in [0.4, 0.5) is 0 Å². The van der Waals surface area contributed by atoms with Crippen molar-refractivity contribution in [1.29, 1.82) is 0 Å². The van der Waals surface area contributed by atoms with Gasteiger partial charge in [-0.2, -0.15) is 0 Å². The van der Waals surface area contributed by atoms with Gasteiger partial charge in [-0.05, 0) is 52.0 Å². The third kappa shape index (κ3) is 4.55. The Kier molecular flexibility index (Phi) is 6.91. The first kappa shape index (κ1) is 32.0. The van der Waals surface area contributed by atoms with Gasteiger partial charge in [-0.25, -0.2) is 9.97 Å². The van der Waals surface area contributed by atoms with Crippen molar-refractivity contribution >= 4 is 72.6 Å². The van der Waals surface area contributed by atoms with Gasteiger partial charge in [0.15, 0.2) is 13.9 Å². The lowest BCUT2D eigenvalue weighted by atomic mass is 10.1. The molecule has 0 unspecified atom stereocenters. The molecule has 1 aliphatic rings. The lowest BCUT2D eigenvalue weighted by molar-refractivity contribution is 0.669. The third-order valence-corrected chi connectivity index (χ3v) is 16.7. The van der Waals surface area contributed by atoms with Crippen LogP contribution < -0.4 is 20.7 Å². The number of benzene rings is 8. The molecule has 11 aromatic rings. The van der Waals surface area contributed by atoms with Gasteiger partial charge in [0.05, 0.1) is 27.8 Å². The Morgan fingerprint density at radius 2 is 1.09 bits per heavy atom. The van der Waals surface area contributed by atoms with E-state index < -0.39 is 8.07 Å². The van der Waals surface area contributed by atoms with Crippen molar-refractivity contribution in [1.82, 2.24) is 14.5 Å². The Balaban J connectivity index is 1.16. The summed E-state index contributed by atoms with van der Waals surface area (Å²) in [6.07, 6.45) is 0. The van der Waals surface area contributed by atoms with Crippen LogP contribution in [0.2, 0.25) is 0 Å². The average molecular weight is 744 g/mol. The number of fused-ring (bicyclic) bond motifs is 10. The molecule has 4 nitrogen and oxygen atoms in total. The zero-order valence-corrected chi connectivity index (χ0v) is 31.8. The van der Waals surface area contributed by atoms with Crippen LogP contribution in [0.3, 0.4) is 0 Å². The summed E-state index contributed by atoms with van der Waals surface area (Å²) < 4.78 is 8.81. The minimum Gasteiger partial charge on any atom is -0.456 e. The number of furan rings is 1. The SMILES string of the molecule is c1ccc(-c2nc(-c3cccc(-n4c5ccccc5c5ccc6oc7ccccc7c6c54)c3)nc3c2[Si](c2ccccc2)(c2ccccc2)c2ccccc2-3)cc1. The fourth-order valence-corrected chi connectivity index (χ4v) is 14.8. The lowest BCUT2D eigenvalue weighted by Gasteiger charge is -2.32. The highest BCUT2D eigenvalue weighted by atomic mass is 28.3. The second-order valence-electron chi connectivity index (χ2n) is 14.8. The van der Waals surface area contributed by atoms with Gasteiger partial charge in [0.1, 0.15) is 11.2 Å². The molecule has 0 spiro atoms. The van der Waals surface area contributed by atoms with Gasteiger partial charge in [0.2, 0.25) is 0 Å². The summed E-state index contributed by atoms with van der Waals surface area (Å²) in [7, 11) is -2.87. The Morgan fingerprint density at radius 1 is 0.456 bits per heavy atom. The maximum atomic E-state index is 6.42. The van der Waals surface area contributed by atoms with E-state index in [0.717, 1.165) is 61.2 Å². The molecule has 3 aromatic heterocycles. The summed E-state index contributed by atoms with van der Waals surface area (Å²) in [4.78, 5) is 11.3. The van der Waals surface area contributed by atoms with Crippen LogP contribution >= 0.6 is 0 Å². The number of hydrogen-bond donors (Lipinski definition) is 0. The smallest absolute Gasteiger partial charge is 0.185 e. The second-order valence-corrected chi connectivity index (χ2v) is 18.5. The van der Waals surface area contributed by atoms with Gasteiger partial charge in [-0.15, -0.1) is 0 Å². The van der Waals surface area contributed by atoms with Crippen LogP contribution in [-0.2, 0) is 0 Å². The van der Waals surface area contributed by atoms with E-state index in [1.165, 1.54) is 37.1 Å². The molecule has 0 bridgehead atoms. The summed E-state index contributed by atoms with van der Waals surface area (Å²) in [5, 5.41) is 9.84. The van der Waals surface area contributed by atoms with E-state index in [0.29, 0.717) is 5.82 Å². The van der Waals surface area contributed by atoms with E-state index in [-0.39, 0.29) is 0 Å². The fraction of sp³-hybridized carbons (Fsp3) is 0. The average Bonchev–Trinajstić information content (AvgIpc) is 3.94. The Labute approximate surface area is 330 Å². The Hall–Kier alpha value is -7.34. The first-order valence-corrected chi connectivity index (χ1v) is 21.4. The predicted molar refractivity (Wildman–Crippen MR) is 237 cm³/mol. The standard InChI is InChI=1S/C52H33N3OSi/c1-4-17-34(18-5-1)48-51-49(42-27-12-15-30-46(42)57(51,37-21-6-2-7-22-37)38-23-8-3-9-24-38)54-52(53-48)35-19-16-20-36(33-35)55-43-28-13-10-25-39(43)40-31-32-45-47(50(40)55)41-26-11-14-29-44(41)56-45/h1-33H. The maximum Gasteiger partial charge on any atom is 0.185 e. The van der Waals surface area contributed by atoms with Gasteiger partial charge in [0, 0.05) is 43.7 Å². The van der Waals surface area contributed by atoms with Crippen molar-refractivity contribution in [2.75, 3.05) is 0 Å². The monoisotopic (exact) mass is 743 g/mol. The van der Waals surface area contributed by atoms with Crippen molar-refractivity contribution in [3.05, 3.63) is 200 Å². The minimum absolute atomic E-state index is 0.704. The molecule has 12 rings (SSSR count). The molecular weight excluding hydrogens is 711 g/mol. The Morgan fingerprint density at radius 3 is 1.88 bits per heavy atom. The molecule has 0 N–H and O–H groups in total. The summed E-state index contributed by atoms with van der Waals surface area (Å²) in [6.45, 7) is 0. The summed E-state index contributed by atoms with van der Waals surface area (Å²) in [5.41, 5.74) is 10.3. The van der Waals surface area contributed by atoms with E-state index in [4.69, 9.17) is 14.4 Å². The molecule has 1 aliphatic heterocycles. The van der Waals surface area contributed by atoms with Crippen LogP contribution in [0.1, 0.15) is 0 Å².